The molecular weight excluding hydrogens is 308 g/mol. The molecule has 1 atom stereocenters. The zero-order valence-electron chi connectivity index (χ0n) is 12.2. The van der Waals surface area contributed by atoms with Gasteiger partial charge < -0.3 is 15.0 Å². The van der Waals surface area contributed by atoms with E-state index in [1.807, 2.05) is 6.92 Å². The van der Waals surface area contributed by atoms with Gasteiger partial charge in [0.2, 0.25) is 10.0 Å². The second-order valence-corrected chi connectivity index (χ2v) is 7.04. The highest BCUT2D eigenvalue weighted by Gasteiger charge is 2.31. The minimum Gasteiger partial charge on any atom is -0.374 e. The Morgan fingerprint density at radius 1 is 1.50 bits per heavy atom. The number of pyridine rings is 1. The molecule has 1 aliphatic rings. The molecule has 0 radical (unpaired) electrons. The van der Waals surface area contributed by atoms with Crippen molar-refractivity contribution in [1.29, 1.82) is 0 Å². The third-order valence-electron chi connectivity index (χ3n) is 3.72. The molecule has 1 fully saturated rings. The maximum atomic E-state index is 12.8. The Kier molecular flexibility index (Phi) is 4.13. The summed E-state index contributed by atoms with van der Waals surface area (Å²) in [6.07, 6.45) is 1.67. The van der Waals surface area contributed by atoms with Crippen molar-refractivity contribution in [3.8, 4) is 0 Å². The fourth-order valence-corrected chi connectivity index (χ4v) is 3.89. The zero-order valence-corrected chi connectivity index (χ0v) is 13.0. The number of aryl methyl sites for hydroxylation is 1. The first-order valence-corrected chi connectivity index (χ1v) is 8.56. The first kappa shape index (κ1) is 15.3. The minimum absolute atomic E-state index is 0.135. The Labute approximate surface area is 128 Å². The predicted molar refractivity (Wildman–Crippen MR) is 78.7 cm³/mol. The van der Waals surface area contributed by atoms with Crippen LogP contribution in [0.4, 0.5) is 0 Å². The number of morpholine rings is 1. The monoisotopic (exact) mass is 326 g/mol. The number of aromatic nitrogens is 2. The molecule has 1 aliphatic heterocycles. The van der Waals surface area contributed by atoms with Crippen LogP contribution in [0.3, 0.4) is 0 Å². The van der Waals surface area contributed by atoms with Crippen molar-refractivity contribution in [2.75, 3.05) is 26.2 Å². The molecule has 1 saturated heterocycles. The number of hydrogen-bond donors (Lipinski definition) is 1. The fourth-order valence-electron chi connectivity index (χ4n) is 2.46. The lowest BCUT2D eigenvalue weighted by Gasteiger charge is -2.31. The molecule has 2 aromatic rings. The summed E-state index contributed by atoms with van der Waals surface area (Å²) in [5, 5.41) is 4.52. The standard InChI is InChI=1S/C13H18N4O4S/c1-2-12-11-5-10(7-15-13(11)21-16-12)22(18,19)17-3-4-20-9(6-14)8-17/h5,7,9H,2-4,6,8,14H2,1H3. The largest absolute Gasteiger partial charge is 0.374 e. The zero-order chi connectivity index (χ0) is 15.7. The lowest BCUT2D eigenvalue weighted by atomic mass is 10.2. The average molecular weight is 326 g/mol. The van der Waals surface area contributed by atoms with E-state index in [0.717, 1.165) is 0 Å². The molecule has 22 heavy (non-hydrogen) atoms. The number of nitrogens with zero attached hydrogens (tertiary/aromatic N) is 3. The van der Waals surface area contributed by atoms with E-state index in [-0.39, 0.29) is 24.1 Å². The van der Waals surface area contributed by atoms with Crippen molar-refractivity contribution in [1.82, 2.24) is 14.4 Å². The molecule has 9 heteroatoms. The first-order chi connectivity index (χ1) is 10.6. The summed E-state index contributed by atoms with van der Waals surface area (Å²) in [5.74, 6) is 0. The van der Waals surface area contributed by atoms with E-state index >= 15 is 0 Å². The van der Waals surface area contributed by atoms with E-state index in [1.165, 1.54) is 10.5 Å². The summed E-state index contributed by atoms with van der Waals surface area (Å²) in [6.45, 7) is 3.10. The molecule has 2 aromatic heterocycles. The molecule has 1 unspecified atom stereocenters. The molecule has 0 bridgehead atoms. The van der Waals surface area contributed by atoms with Crippen LogP contribution in [0, 0.1) is 0 Å². The van der Waals surface area contributed by atoms with Crippen LogP contribution >= 0.6 is 0 Å². The number of ether oxygens (including phenoxy) is 1. The highest BCUT2D eigenvalue weighted by atomic mass is 32.2. The second-order valence-electron chi connectivity index (χ2n) is 5.10. The highest BCUT2D eigenvalue weighted by Crippen LogP contribution is 2.24. The van der Waals surface area contributed by atoms with Crippen LogP contribution in [-0.2, 0) is 21.2 Å². The summed E-state index contributed by atoms with van der Waals surface area (Å²) in [5.41, 5.74) is 6.61. The van der Waals surface area contributed by atoms with Gasteiger partial charge in [-0.15, -0.1) is 0 Å². The van der Waals surface area contributed by atoms with Crippen molar-refractivity contribution in [3.05, 3.63) is 18.0 Å². The van der Waals surface area contributed by atoms with Gasteiger partial charge in [0, 0.05) is 19.6 Å². The van der Waals surface area contributed by atoms with Crippen LogP contribution in [0.5, 0.6) is 0 Å². The van der Waals surface area contributed by atoms with E-state index in [2.05, 4.69) is 10.1 Å². The van der Waals surface area contributed by atoms with Crippen LogP contribution in [0.2, 0.25) is 0 Å². The molecule has 3 heterocycles. The summed E-state index contributed by atoms with van der Waals surface area (Å²) in [4.78, 5) is 4.19. The van der Waals surface area contributed by atoms with Crippen molar-refractivity contribution in [2.45, 2.75) is 24.3 Å². The van der Waals surface area contributed by atoms with E-state index in [1.54, 1.807) is 6.07 Å². The van der Waals surface area contributed by atoms with Gasteiger partial charge in [0.1, 0.15) is 4.90 Å². The summed E-state index contributed by atoms with van der Waals surface area (Å²) >= 11 is 0. The van der Waals surface area contributed by atoms with Crippen LogP contribution in [0.25, 0.3) is 11.1 Å². The topological polar surface area (TPSA) is 112 Å². The van der Waals surface area contributed by atoms with Gasteiger partial charge in [-0.3, -0.25) is 0 Å². The normalized spacial score (nSPS) is 20.5. The Morgan fingerprint density at radius 2 is 2.32 bits per heavy atom. The Balaban J connectivity index is 1.97. The van der Waals surface area contributed by atoms with Gasteiger partial charge in [0.15, 0.2) is 0 Å². The SMILES string of the molecule is CCc1noc2ncc(S(=O)(=O)N3CCOC(CN)C3)cc12. The van der Waals surface area contributed by atoms with Gasteiger partial charge in [-0.05, 0) is 12.5 Å². The van der Waals surface area contributed by atoms with Gasteiger partial charge >= 0.3 is 0 Å². The Morgan fingerprint density at radius 3 is 3.05 bits per heavy atom. The second kappa shape index (κ2) is 5.92. The maximum Gasteiger partial charge on any atom is 0.258 e. The third kappa shape index (κ3) is 2.60. The number of rotatable bonds is 4. The Hall–Kier alpha value is -1.55. The number of fused-ring (bicyclic) bond motifs is 1. The molecule has 0 aromatic carbocycles. The molecule has 0 saturated carbocycles. The number of nitrogens with two attached hydrogens (primary N) is 1. The molecule has 0 amide bonds. The maximum absolute atomic E-state index is 12.8. The minimum atomic E-state index is -3.63. The molecule has 8 nitrogen and oxygen atoms in total. The van der Waals surface area contributed by atoms with E-state index in [9.17, 15) is 8.42 Å². The van der Waals surface area contributed by atoms with Crippen LogP contribution < -0.4 is 5.73 Å². The van der Waals surface area contributed by atoms with E-state index < -0.39 is 10.0 Å². The van der Waals surface area contributed by atoms with Crippen molar-refractivity contribution < 1.29 is 17.7 Å². The molecule has 3 rings (SSSR count). The Bertz CT molecular complexity index is 773. The van der Waals surface area contributed by atoms with Gasteiger partial charge in [0.05, 0.1) is 30.0 Å². The lowest BCUT2D eigenvalue weighted by molar-refractivity contribution is 0.00450. The van der Waals surface area contributed by atoms with Gasteiger partial charge in [-0.1, -0.05) is 12.1 Å². The molecule has 2 N–H and O–H groups in total. The third-order valence-corrected chi connectivity index (χ3v) is 5.55. The van der Waals surface area contributed by atoms with Crippen molar-refractivity contribution in [2.24, 2.45) is 5.73 Å². The summed E-state index contributed by atoms with van der Waals surface area (Å²) in [7, 11) is -3.63. The van der Waals surface area contributed by atoms with Crippen LogP contribution in [-0.4, -0.2) is 55.2 Å². The molecule has 0 spiro atoms. The van der Waals surface area contributed by atoms with Gasteiger partial charge in [-0.2, -0.15) is 4.31 Å². The summed E-state index contributed by atoms with van der Waals surface area (Å²) < 4.78 is 37.4. The molecular formula is C13H18N4O4S. The predicted octanol–water partition coefficient (Wildman–Crippen LogP) is 0.133. The lowest BCUT2D eigenvalue weighted by Crippen LogP contribution is -2.48. The van der Waals surface area contributed by atoms with E-state index in [4.69, 9.17) is 15.0 Å². The fraction of sp³-hybridized carbons (Fsp3) is 0.538. The van der Waals surface area contributed by atoms with Gasteiger partial charge in [0.25, 0.3) is 5.71 Å². The van der Waals surface area contributed by atoms with E-state index in [0.29, 0.717) is 36.4 Å². The van der Waals surface area contributed by atoms with Crippen LogP contribution in [0.15, 0.2) is 21.7 Å². The highest BCUT2D eigenvalue weighted by molar-refractivity contribution is 7.89. The molecule has 0 aliphatic carbocycles. The number of hydrogen-bond acceptors (Lipinski definition) is 7. The summed E-state index contributed by atoms with van der Waals surface area (Å²) in [6, 6.07) is 1.57. The first-order valence-electron chi connectivity index (χ1n) is 7.12. The smallest absolute Gasteiger partial charge is 0.258 e. The number of sulfonamides is 1. The molecule has 120 valence electrons. The quantitative estimate of drug-likeness (QED) is 0.850. The van der Waals surface area contributed by atoms with Crippen molar-refractivity contribution >= 4 is 21.1 Å². The average Bonchev–Trinajstić information content (AvgIpc) is 2.97. The van der Waals surface area contributed by atoms with Gasteiger partial charge in [-0.25, -0.2) is 13.4 Å². The van der Waals surface area contributed by atoms with Crippen molar-refractivity contribution in [3.63, 3.8) is 0 Å². The van der Waals surface area contributed by atoms with Crippen LogP contribution in [0.1, 0.15) is 12.6 Å².